The number of nitrogens with zero attached hydrogens (tertiary/aromatic N) is 1. The van der Waals surface area contributed by atoms with Gasteiger partial charge in [-0.1, -0.05) is 5.92 Å². The molecule has 0 aliphatic heterocycles. The Hall–Kier alpha value is -3.14. The first-order chi connectivity index (χ1) is 11.5. The lowest BCUT2D eigenvalue weighted by atomic mass is 10.3. The summed E-state index contributed by atoms with van der Waals surface area (Å²) in [4.78, 5) is 15.0. The van der Waals surface area contributed by atoms with Crippen molar-refractivity contribution in [3.05, 3.63) is 48.2 Å². The summed E-state index contributed by atoms with van der Waals surface area (Å²) < 4.78 is 41.6. The van der Waals surface area contributed by atoms with Gasteiger partial charge in [0.05, 0.1) is 6.20 Å². The van der Waals surface area contributed by atoms with Crippen LogP contribution in [0.3, 0.4) is 0 Å². The monoisotopic (exact) mass is 333 g/mol. The fourth-order valence-electron chi connectivity index (χ4n) is 1.66. The van der Waals surface area contributed by atoms with Crippen molar-refractivity contribution in [2.24, 2.45) is 0 Å². The van der Waals surface area contributed by atoms with Gasteiger partial charge in [-0.05, 0) is 31.2 Å². The summed E-state index contributed by atoms with van der Waals surface area (Å²) in [5.74, 6) is 0.167. The molecule has 0 aliphatic carbocycles. The van der Waals surface area contributed by atoms with Gasteiger partial charge in [0.1, 0.15) is 17.3 Å². The predicted molar refractivity (Wildman–Crippen MR) is 80.6 cm³/mol. The van der Waals surface area contributed by atoms with Gasteiger partial charge >= 0.3 is 5.97 Å². The number of pyridine rings is 1. The number of aromatic nitrogens is 1. The first-order valence-corrected chi connectivity index (χ1v) is 6.85. The first-order valence-electron chi connectivity index (χ1n) is 6.85. The molecule has 0 saturated heterocycles. The summed E-state index contributed by atoms with van der Waals surface area (Å²) in [6, 6.07) is 6.67. The van der Waals surface area contributed by atoms with Crippen LogP contribution in [0, 0.1) is 24.0 Å². The van der Waals surface area contributed by atoms with Crippen molar-refractivity contribution in [1.82, 2.24) is 4.98 Å². The van der Waals surface area contributed by atoms with E-state index in [9.17, 15) is 13.6 Å². The van der Waals surface area contributed by atoms with Gasteiger partial charge < -0.3 is 14.2 Å². The average Bonchev–Trinajstić information content (AvgIpc) is 2.56. The third-order valence-electron chi connectivity index (χ3n) is 2.75. The van der Waals surface area contributed by atoms with E-state index in [1.807, 2.05) is 0 Å². The van der Waals surface area contributed by atoms with Crippen LogP contribution in [-0.4, -0.2) is 23.7 Å². The maximum atomic E-state index is 13.5. The van der Waals surface area contributed by atoms with E-state index in [1.165, 1.54) is 31.2 Å². The molecule has 1 atom stereocenters. The van der Waals surface area contributed by atoms with Gasteiger partial charge in [-0.3, -0.25) is 0 Å². The molecule has 0 saturated carbocycles. The van der Waals surface area contributed by atoms with Gasteiger partial charge in [0.25, 0.3) is 5.88 Å². The highest BCUT2D eigenvalue weighted by atomic mass is 19.1. The molecule has 2 aromatic rings. The minimum absolute atomic E-state index is 0.129. The van der Waals surface area contributed by atoms with E-state index in [0.717, 1.165) is 6.20 Å². The summed E-state index contributed by atoms with van der Waals surface area (Å²) in [7, 11) is 0. The Balaban J connectivity index is 1.98. The molecule has 2 rings (SSSR count). The molecule has 7 heteroatoms. The lowest BCUT2D eigenvalue weighted by Crippen LogP contribution is -2.26. The Labute approximate surface area is 137 Å². The molecule has 1 heterocycles. The fourth-order valence-corrected chi connectivity index (χ4v) is 1.66. The van der Waals surface area contributed by atoms with Gasteiger partial charge in [-0.15, -0.1) is 6.42 Å². The number of carbonyl (C=O) groups excluding carboxylic acids is 1. The first kappa shape index (κ1) is 17.2. The van der Waals surface area contributed by atoms with Gasteiger partial charge in [-0.2, -0.15) is 0 Å². The summed E-state index contributed by atoms with van der Waals surface area (Å²) in [6.07, 6.45) is 4.99. The Morgan fingerprint density at radius 1 is 1.29 bits per heavy atom. The lowest BCUT2D eigenvalue weighted by Gasteiger charge is -2.13. The molecular formula is C17H13F2NO4. The molecule has 24 heavy (non-hydrogen) atoms. The molecule has 0 amide bonds. The third kappa shape index (κ3) is 4.68. The van der Waals surface area contributed by atoms with E-state index in [-0.39, 0.29) is 18.2 Å². The van der Waals surface area contributed by atoms with E-state index in [1.54, 1.807) is 0 Å². The Morgan fingerprint density at radius 2 is 1.96 bits per heavy atom. The molecular weight excluding hydrogens is 320 g/mol. The smallest absolute Gasteiger partial charge is 0.347 e. The summed E-state index contributed by atoms with van der Waals surface area (Å²) in [5.41, 5.74) is 0. The minimum Gasteiger partial charge on any atom is -0.479 e. The maximum absolute atomic E-state index is 13.5. The molecule has 0 fully saturated rings. The molecule has 0 bridgehead atoms. The zero-order chi connectivity index (χ0) is 17.5. The average molecular weight is 333 g/mol. The number of ether oxygens (including phenoxy) is 3. The largest absolute Gasteiger partial charge is 0.479 e. The molecule has 0 radical (unpaired) electrons. The molecule has 0 N–H and O–H groups in total. The zero-order valence-electron chi connectivity index (χ0n) is 12.7. The number of benzene rings is 1. The molecule has 5 nitrogen and oxygen atoms in total. The van der Waals surface area contributed by atoms with Crippen molar-refractivity contribution in [3.8, 4) is 29.7 Å². The molecule has 1 aromatic carbocycles. The molecule has 1 unspecified atom stereocenters. The van der Waals surface area contributed by atoms with Crippen LogP contribution < -0.4 is 9.47 Å². The second-order valence-electron chi connectivity index (χ2n) is 4.59. The van der Waals surface area contributed by atoms with Crippen molar-refractivity contribution in [1.29, 1.82) is 0 Å². The van der Waals surface area contributed by atoms with Gasteiger partial charge in [0, 0.05) is 6.07 Å². The van der Waals surface area contributed by atoms with Crippen LogP contribution in [0.2, 0.25) is 0 Å². The predicted octanol–water partition coefficient (Wildman–Crippen LogP) is 3.10. The highest BCUT2D eigenvalue weighted by Gasteiger charge is 2.16. The van der Waals surface area contributed by atoms with Crippen LogP contribution in [0.5, 0.6) is 17.4 Å². The quantitative estimate of drug-likeness (QED) is 0.600. The summed E-state index contributed by atoms with van der Waals surface area (Å²) >= 11 is 0. The molecule has 124 valence electrons. The van der Waals surface area contributed by atoms with E-state index in [2.05, 4.69) is 10.9 Å². The van der Waals surface area contributed by atoms with Crippen LogP contribution in [0.4, 0.5) is 8.78 Å². The number of rotatable bonds is 6. The van der Waals surface area contributed by atoms with Crippen LogP contribution >= 0.6 is 0 Å². The van der Waals surface area contributed by atoms with Crippen molar-refractivity contribution < 1.29 is 27.8 Å². The van der Waals surface area contributed by atoms with Crippen LogP contribution in [0.1, 0.15) is 6.92 Å². The number of esters is 1. The Bertz CT molecular complexity index is 756. The summed E-state index contributed by atoms with van der Waals surface area (Å²) in [5, 5.41) is 0. The van der Waals surface area contributed by atoms with Gasteiger partial charge in [0.15, 0.2) is 18.5 Å². The lowest BCUT2D eigenvalue weighted by molar-refractivity contribution is -0.149. The number of hydrogen-bond acceptors (Lipinski definition) is 5. The van der Waals surface area contributed by atoms with Crippen molar-refractivity contribution in [3.63, 3.8) is 0 Å². The van der Waals surface area contributed by atoms with Crippen LogP contribution in [-0.2, 0) is 9.53 Å². The second kappa shape index (κ2) is 7.92. The number of halogens is 2. The maximum Gasteiger partial charge on any atom is 0.347 e. The van der Waals surface area contributed by atoms with Crippen molar-refractivity contribution in [2.45, 2.75) is 13.0 Å². The molecule has 1 aromatic heterocycles. The third-order valence-corrected chi connectivity index (χ3v) is 2.75. The number of carbonyl (C=O) groups is 1. The SMILES string of the molecule is C#CCOC(=O)C(C)Oc1ccc(Oc2ncc(F)cc2F)cc1. The Morgan fingerprint density at radius 3 is 2.58 bits per heavy atom. The second-order valence-corrected chi connectivity index (χ2v) is 4.59. The van der Waals surface area contributed by atoms with Gasteiger partial charge in [0.2, 0.25) is 0 Å². The fraction of sp³-hybridized carbons (Fsp3) is 0.176. The summed E-state index contributed by atoms with van der Waals surface area (Å²) in [6.45, 7) is 1.39. The molecule has 0 aliphatic rings. The highest BCUT2D eigenvalue weighted by Crippen LogP contribution is 2.25. The Kier molecular flexibility index (Phi) is 5.68. The normalized spacial score (nSPS) is 11.2. The van der Waals surface area contributed by atoms with Crippen LogP contribution in [0.25, 0.3) is 0 Å². The van der Waals surface area contributed by atoms with E-state index < -0.39 is 23.7 Å². The number of terminal acetylenes is 1. The van der Waals surface area contributed by atoms with Crippen molar-refractivity contribution in [2.75, 3.05) is 6.61 Å². The van der Waals surface area contributed by atoms with Gasteiger partial charge in [-0.25, -0.2) is 18.6 Å². The topological polar surface area (TPSA) is 57.7 Å². The van der Waals surface area contributed by atoms with Crippen LogP contribution in [0.15, 0.2) is 36.5 Å². The minimum atomic E-state index is -0.916. The number of hydrogen-bond donors (Lipinski definition) is 0. The zero-order valence-corrected chi connectivity index (χ0v) is 12.7. The van der Waals surface area contributed by atoms with E-state index in [0.29, 0.717) is 11.8 Å². The highest BCUT2D eigenvalue weighted by molar-refractivity contribution is 5.74. The standard InChI is InChI=1S/C17H13F2NO4/c1-3-8-22-17(21)11(2)23-13-4-6-14(7-5-13)24-16-15(19)9-12(18)10-20-16/h1,4-7,9-11H,8H2,2H3. The van der Waals surface area contributed by atoms with Crippen molar-refractivity contribution >= 4 is 5.97 Å². The van der Waals surface area contributed by atoms with E-state index in [4.69, 9.17) is 20.6 Å². The molecule has 0 spiro atoms. The van der Waals surface area contributed by atoms with E-state index >= 15 is 0 Å².